The van der Waals surface area contributed by atoms with E-state index in [1.54, 1.807) is 0 Å². The lowest BCUT2D eigenvalue weighted by molar-refractivity contribution is 0.436. The first-order valence-electron chi connectivity index (χ1n) is 7.34. The summed E-state index contributed by atoms with van der Waals surface area (Å²) in [6.07, 6.45) is 2.30. The van der Waals surface area contributed by atoms with Gasteiger partial charge in [-0.2, -0.15) is 5.26 Å². The van der Waals surface area contributed by atoms with Crippen molar-refractivity contribution >= 4 is 28.3 Å². The van der Waals surface area contributed by atoms with Crippen molar-refractivity contribution in [1.29, 1.82) is 5.26 Å². The van der Waals surface area contributed by atoms with E-state index in [2.05, 4.69) is 17.9 Å². The number of aryl methyl sites for hydroxylation is 1. The quantitative estimate of drug-likeness (QED) is 0.788. The van der Waals surface area contributed by atoms with E-state index in [0.29, 0.717) is 5.56 Å². The Hall–Kier alpha value is -1.79. The van der Waals surface area contributed by atoms with Crippen LogP contribution in [-0.2, 0) is 0 Å². The van der Waals surface area contributed by atoms with Crippen molar-refractivity contribution in [3.8, 4) is 6.07 Å². The molecule has 0 spiro atoms. The summed E-state index contributed by atoms with van der Waals surface area (Å²) >= 11 is 6.20. The highest BCUT2D eigenvalue weighted by Crippen LogP contribution is 2.29. The van der Waals surface area contributed by atoms with Crippen molar-refractivity contribution in [3.05, 3.63) is 34.3 Å². The zero-order chi connectivity index (χ0) is 15.0. The van der Waals surface area contributed by atoms with Gasteiger partial charge in [-0.25, -0.2) is 4.98 Å². The molecule has 3 nitrogen and oxygen atoms in total. The maximum absolute atomic E-state index is 9.44. The van der Waals surface area contributed by atoms with Crippen molar-refractivity contribution in [2.24, 2.45) is 5.92 Å². The molecule has 108 valence electrons. The molecule has 0 bridgehead atoms. The van der Waals surface area contributed by atoms with Gasteiger partial charge in [-0.3, -0.25) is 0 Å². The van der Waals surface area contributed by atoms with Crippen LogP contribution < -0.4 is 4.90 Å². The van der Waals surface area contributed by atoms with E-state index in [1.165, 1.54) is 0 Å². The normalized spacial score (nSPS) is 16.2. The van der Waals surface area contributed by atoms with Crippen LogP contribution in [0.2, 0.25) is 5.02 Å². The van der Waals surface area contributed by atoms with Crippen molar-refractivity contribution in [2.45, 2.75) is 26.7 Å². The highest BCUT2D eigenvalue weighted by molar-refractivity contribution is 6.32. The lowest BCUT2D eigenvalue weighted by Gasteiger charge is -2.31. The van der Waals surface area contributed by atoms with E-state index in [1.807, 2.05) is 25.1 Å². The fourth-order valence-corrected chi connectivity index (χ4v) is 3.00. The molecule has 1 fully saturated rings. The molecule has 3 rings (SSSR count). The summed E-state index contributed by atoms with van der Waals surface area (Å²) < 4.78 is 0. The molecule has 0 amide bonds. The second-order valence-electron chi connectivity index (χ2n) is 5.94. The van der Waals surface area contributed by atoms with Gasteiger partial charge in [0.1, 0.15) is 11.9 Å². The first kappa shape index (κ1) is 14.2. The molecule has 0 radical (unpaired) electrons. The Balaban J connectivity index is 2.09. The van der Waals surface area contributed by atoms with E-state index in [4.69, 9.17) is 16.6 Å². The van der Waals surface area contributed by atoms with Crippen LogP contribution in [0.5, 0.6) is 0 Å². The zero-order valence-electron chi connectivity index (χ0n) is 12.4. The SMILES string of the molecule is Cc1cc2cc(C#N)c(N3CCC(C)CC3)nc2cc1Cl. The van der Waals surface area contributed by atoms with Gasteiger partial charge in [-0.1, -0.05) is 18.5 Å². The van der Waals surface area contributed by atoms with Gasteiger partial charge in [0.2, 0.25) is 0 Å². The fraction of sp³-hybridized carbons (Fsp3) is 0.412. The molecule has 0 unspecified atom stereocenters. The Labute approximate surface area is 130 Å². The Bertz CT molecular complexity index is 725. The predicted octanol–water partition coefficient (Wildman–Crippen LogP) is 4.30. The minimum absolute atomic E-state index is 0.652. The van der Waals surface area contributed by atoms with E-state index in [-0.39, 0.29) is 0 Å². The Morgan fingerprint density at radius 3 is 2.67 bits per heavy atom. The van der Waals surface area contributed by atoms with Crippen molar-refractivity contribution in [2.75, 3.05) is 18.0 Å². The largest absolute Gasteiger partial charge is 0.355 e. The Morgan fingerprint density at radius 1 is 1.29 bits per heavy atom. The van der Waals surface area contributed by atoms with Gasteiger partial charge < -0.3 is 4.90 Å². The summed E-state index contributed by atoms with van der Waals surface area (Å²) in [5, 5.41) is 11.1. The van der Waals surface area contributed by atoms with Crippen LogP contribution in [0.1, 0.15) is 30.9 Å². The number of anilines is 1. The molecule has 2 heterocycles. The molecule has 1 aromatic carbocycles. The van der Waals surface area contributed by atoms with Crippen molar-refractivity contribution in [1.82, 2.24) is 4.98 Å². The van der Waals surface area contributed by atoms with Crippen LogP contribution in [0.25, 0.3) is 10.9 Å². The molecule has 0 N–H and O–H groups in total. The first-order chi connectivity index (χ1) is 10.1. The lowest BCUT2D eigenvalue weighted by atomic mass is 9.99. The van der Waals surface area contributed by atoms with E-state index >= 15 is 0 Å². The van der Waals surface area contributed by atoms with Gasteiger partial charge >= 0.3 is 0 Å². The molecular weight excluding hydrogens is 282 g/mol. The number of pyridine rings is 1. The number of hydrogen-bond acceptors (Lipinski definition) is 3. The van der Waals surface area contributed by atoms with Crippen LogP contribution in [0, 0.1) is 24.2 Å². The monoisotopic (exact) mass is 299 g/mol. The fourth-order valence-electron chi connectivity index (χ4n) is 2.84. The summed E-state index contributed by atoms with van der Waals surface area (Å²) in [5.74, 6) is 1.56. The van der Waals surface area contributed by atoms with Gasteiger partial charge in [-0.05, 0) is 49.4 Å². The highest BCUT2D eigenvalue weighted by atomic mass is 35.5. The summed E-state index contributed by atoms with van der Waals surface area (Å²) in [7, 11) is 0. The molecule has 2 aromatic rings. The molecule has 1 aromatic heterocycles. The standard InChI is InChI=1S/C17H18ClN3/c1-11-3-5-21(6-4-11)17-14(10-19)8-13-7-12(2)15(18)9-16(13)20-17/h7-9,11H,3-6H2,1-2H3. The molecular formula is C17H18ClN3. The van der Waals surface area contributed by atoms with Gasteiger partial charge in [0.05, 0.1) is 11.1 Å². The van der Waals surface area contributed by atoms with Crippen LogP contribution in [0.15, 0.2) is 18.2 Å². The van der Waals surface area contributed by atoms with Gasteiger partial charge in [0, 0.05) is 23.5 Å². The smallest absolute Gasteiger partial charge is 0.147 e. The van der Waals surface area contributed by atoms with Crippen LogP contribution in [-0.4, -0.2) is 18.1 Å². The van der Waals surface area contributed by atoms with E-state index < -0.39 is 0 Å². The number of aromatic nitrogens is 1. The summed E-state index contributed by atoms with van der Waals surface area (Å²) in [4.78, 5) is 6.94. The lowest BCUT2D eigenvalue weighted by Crippen LogP contribution is -2.34. The Morgan fingerprint density at radius 2 is 2.00 bits per heavy atom. The maximum Gasteiger partial charge on any atom is 0.147 e. The maximum atomic E-state index is 9.44. The molecule has 0 saturated carbocycles. The first-order valence-corrected chi connectivity index (χ1v) is 7.72. The molecule has 0 aliphatic carbocycles. The average Bonchev–Trinajstić information content (AvgIpc) is 2.48. The second-order valence-corrected chi connectivity index (χ2v) is 6.34. The predicted molar refractivity (Wildman–Crippen MR) is 86.8 cm³/mol. The third-order valence-electron chi connectivity index (χ3n) is 4.28. The van der Waals surface area contributed by atoms with E-state index in [9.17, 15) is 5.26 Å². The average molecular weight is 300 g/mol. The zero-order valence-corrected chi connectivity index (χ0v) is 13.1. The Kier molecular flexibility index (Phi) is 3.73. The molecule has 21 heavy (non-hydrogen) atoms. The molecule has 1 aliphatic heterocycles. The summed E-state index contributed by atoms with van der Waals surface area (Å²) in [5.41, 5.74) is 2.52. The second kappa shape index (κ2) is 5.54. The summed E-state index contributed by atoms with van der Waals surface area (Å²) in [6, 6.07) is 8.11. The van der Waals surface area contributed by atoms with Crippen molar-refractivity contribution < 1.29 is 0 Å². The number of piperidine rings is 1. The number of rotatable bonds is 1. The topological polar surface area (TPSA) is 39.9 Å². The molecule has 1 saturated heterocycles. The minimum atomic E-state index is 0.652. The number of fused-ring (bicyclic) bond motifs is 1. The van der Waals surface area contributed by atoms with Gasteiger partial charge in [0.25, 0.3) is 0 Å². The number of hydrogen-bond donors (Lipinski definition) is 0. The van der Waals surface area contributed by atoms with Crippen LogP contribution >= 0.6 is 11.6 Å². The van der Waals surface area contributed by atoms with E-state index in [0.717, 1.165) is 59.2 Å². The number of benzene rings is 1. The number of halogens is 1. The molecule has 1 aliphatic rings. The number of nitriles is 1. The van der Waals surface area contributed by atoms with Crippen LogP contribution in [0.4, 0.5) is 5.82 Å². The molecule has 0 atom stereocenters. The summed E-state index contributed by atoms with van der Waals surface area (Å²) in [6.45, 7) is 6.18. The van der Waals surface area contributed by atoms with Crippen molar-refractivity contribution in [3.63, 3.8) is 0 Å². The number of nitrogens with zero attached hydrogens (tertiary/aromatic N) is 3. The molecule has 4 heteroatoms. The third kappa shape index (κ3) is 2.69. The van der Waals surface area contributed by atoms with Gasteiger partial charge in [-0.15, -0.1) is 0 Å². The third-order valence-corrected chi connectivity index (χ3v) is 4.69. The highest BCUT2D eigenvalue weighted by Gasteiger charge is 2.20. The van der Waals surface area contributed by atoms with Gasteiger partial charge in [0.15, 0.2) is 0 Å². The van der Waals surface area contributed by atoms with Crippen LogP contribution in [0.3, 0.4) is 0 Å². The minimum Gasteiger partial charge on any atom is -0.355 e.